The van der Waals surface area contributed by atoms with Crippen LogP contribution in [0.1, 0.15) is 17.5 Å². The van der Waals surface area contributed by atoms with Crippen molar-refractivity contribution < 1.29 is 4.79 Å². The van der Waals surface area contributed by atoms with Crippen molar-refractivity contribution >= 4 is 30.7 Å². The SMILES string of the molecule is Cl.Cl.NC(=O)C1(N2CCNCC2)CCc2ccccc21. The second-order valence-corrected chi connectivity index (χ2v) is 5.12. The average molecular weight is 318 g/mol. The molecule has 0 bridgehead atoms. The number of amides is 1. The lowest BCUT2D eigenvalue weighted by Crippen LogP contribution is -2.59. The summed E-state index contributed by atoms with van der Waals surface area (Å²) in [6.07, 6.45) is 1.77. The lowest BCUT2D eigenvalue weighted by Gasteiger charge is -2.42. The van der Waals surface area contributed by atoms with Crippen molar-refractivity contribution in [3.05, 3.63) is 35.4 Å². The van der Waals surface area contributed by atoms with Gasteiger partial charge in [-0.3, -0.25) is 9.69 Å². The molecule has 3 rings (SSSR count). The molecule has 1 unspecified atom stereocenters. The second kappa shape index (κ2) is 6.76. The van der Waals surface area contributed by atoms with Gasteiger partial charge < -0.3 is 11.1 Å². The maximum absolute atomic E-state index is 12.1. The van der Waals surface area contributed by atoms with Crippen LogP contribution in [0.5, 0.6) is 0 Å². The molecule has 1 amide bonds. The molecular formula is C14H21Cl2N3O. The number of piperazine rings is 1. The predicted molar refractivity (Wildman–Crippen MR) is 84.6 cm³/mol. The number of fused-ring (bicyclic) bond motifs is 1. The minimum Gasteiger partial charge on any atom is -0.368 e. The van der Waals surface area contributed by atoms with Gasteiger partial charge in [-0.05, 0) is 24.0 Å². The zero-order chi connectivity index (χ0) is 12.6. The number of aryl methyl sites for hydroxylation is 1. The normalized spacial score (nSPS) is 25.2. The highest BCUT2D eigenvalue weighted by molar-refractivity contribution is 5.87. The lowest BCUT2D eigenvalue weighted by molar-refractivity contribution is -0.131. The number of carbonyl (C=O) groups is 1. The van der Waals surface area contributed by atoms with Crippen molar-refractivity contribution in [2.75, 3.05) is 26.2 Å². The number of hydrogen-bond acceptors (Lipinski definition) is 3. The first kappa shape index (κ1) is 17.2. The van der Waals surface area contributed by atoms with E-state index in [1.165, 1.54) is 5.56 Å². The summed E-state index contributed by atoms with van der Waals surface area (Å²) in [5, 5.41) is 3.32. The van der Waals surface area contributed by atoms with E-state index in [-0.39, 0.29) is 30.7 Å². The highest BCUT2D eigenvalue weighted by atomic mass is 35.5. The van der Waals surface area contributed by atoms with Crippen LogP contribution in [0, 0.1) is 0 Å². The summed E-state index contributed by atoms with van der Waals surface area (Å²) in [7, 11) is 0. The number of benzene rings is 1. The van der Waals surface area contributed by atoms with Gasteiger partial charge in [-0.25, -0.2) is 0 Å². The topological polar surface area (TPSA) is 58.4 Å². The van der Waals surface area contributed by atoms with Gasteiger partial charge in [0.15, 0.2) is 0 Å². The van der Waals surface area contributed by atoms with Gasteiger partial charge in [0.1, 0.15) is 5.54 Å². The molecule has 4 nitrogen and oxygen atoms in total. The highest BCUT2D eigenvalue weighted by Crippen LogP contribution is 2.41. The largest absolute Gasteiger partial charge is 0.368 e. The molecule has 6 heteroatoms. The number of primary amides is 1. The van der Waals surface area contributed by atoms with E-state index in [1.54, 1.807) is 0 Å². The van der Waals surface area contributed by atoms with E-state index in [2.05, 4.69) is 22.3 Å². The summed E-state index contributed by atoms with van der Waals surface area (Å²) in [6.45, 7) is 3.63. The van der Waals surface area contributed by atoms with Crippen molar-refractivity contribution in [1.82, 2.24) is 10.2 Å². The Labute approximate surface area is 131 Å². The standard InChI is InChI=1S/C14H19N3O.2ClH/c15-13(18)14(17-9-7-16-8-10-17)6-5-11-3-1-2-4-12(11)14;;/h1-4,16H,5-10H2,(H2,15,18);2*1H. The molecule has 1 saturated heterocycles. The number of carbonyl (C=O) groups excluding carboxylic acids is 1. The third-order valence-electron chi connectivity index (χ3n) is 4.28. The quantitative estimate of drug-likeness (QED) is 0.857. The van der Waals surface area contributed by atoms with E-state index < -0.39 is 5.54 Å². The van der Waals surface area contributed by atoms with Crippen LogP contribution in [0.3, 0.4) is 0 Å². The summed E-state index contributed by atoms with van der Waals surface area (Å²) in [6, 6.07) is 8.22. The van der Waals surface area contributed by atoms with Crippen LogP contribution in [-0.2, 0) is 16.8 Å². The van der Waals surface area contributed by atoms with Crippen molar-refractivity contribution in [3.63, 3.8) is 0 Å². The summed E-state index contributed by atoms with van der Waals surface area (Å²) in [5.41, 5.74) is 7.60. The molecule has 3 N–H and O–H groups in total. The summed E-state index contributed by atoms with van der Waals surface area (Å²) in [4.78, 5) is 14.4. The van der Waals surface area contributed by atoms with E-state index in [0.717, 1.165) is 44.6 Å². The Hall–Kier alpha value is -0.810. The van der Waals surface area contributed by atoms with Crippen LogP contribution >= 0.6 is 24.8 Å². The molecule has 1 fully saturated rings. The van der Waals surface area contributed by atoms with E-state index in [4.69, 9.17) is 5.73 Å². The number of nitrogens with zero attached hydrogens (tertiary/aromatic N) is 1. The molecule has 1 aliphatic heterocycles. The third kappa shape index (κ3) is 2.53. The zero-order valence-corrected chi connectivity index (χ0v) is 12.9. The summed E-state index contributed by atoms with van der Waals surface area (Å²) < 4.78 is 0. The van der Waals surface area contributed by atoms with Crippen molar-refractivity contribution in [2.24, 2.45) is 5.73 Å². The molecule has 112 valence electrons. The molecule has 0 radical (unpaired) electrons. The van der Waals surface area contributed by atoms with Gasteiger partial charge in [-0.1, -0.05) is 24.3 Å². The molecule has 1 aromatic carbocycles. The molecule has 0 spiro atoms. The molecule has 20 heavy (non-hydrogen) atoms. The fourth-order valence-electron chi connectivity index (χ4n) is 3.38. The van der Waals surface area contributed by atoms with Gasteiger partial charge in [0, 0.05) is 26.2 Å². The van der Waals surface area contributed by atoms with Crippen LogP contribution < -0.4 is 11.1 Å². The number of hydrogen-bond donors (Lipinski definition) is 2. The summed E-state index contributed by atoms with van der Waals surface area (Å²) >= 11 is 0. The fraction of sp³-hybridized carbons (Fsp3) is 0.500. The van der Waals surface area contributed by atoms with Crippen LogP contribution in [0.4, 0.5) is 0 Å². The molecule has 1 aromatic rings. The fourth-order valence-corrected chi connectivity index (χ4v) is 3.38. The minimum absolute atomic E-state index is 0. The van der Waals surface area contributed by atoms with Gasteiger partial charge in [-0.15, -0.1) is 24.8 Å². The van der Waals surface area contributed by atoms with E-state index in [0.29, 0.717) is 0 Å². The Morgan fingerprint density at radius 2 is 1.85 bits per heavy atom. The highest BCUT2D eigenvalue weighted by Gasteiger charge is 2.48. The Bertz CT molecular complexity index is 477. The summed E-state index contributed by atoms with van der Waals surface area (Å²) in [5.74, 6) is -0.200. The Morgan fingerprint density at radius 3 is 2.50 bits per heavy atom. The first-order valence-corrected chi connectivity index (χ1v) is 6.59. The molecule has 2 aliphatic rings. The van der Waals surface area contributed by atoms with Crippen LogP contribution in [0.25, 0.3) is 0 Å². The van der Waals surface area contributed by atoms with Crippen molar-refractivity contribution in [2.45, 2.75) is 18.4 Å². The third-order valence-corrected chi connectivity index (χ3v) is 4.28. The first-order valence-electron chi connectivity index (χ1n) is 6.59. The van der Waals surface area contributed by atoms with Gasteiger partial charge >= 0.3 is 0 Å². The molecule has 0 saturated carbocycles. The Morgan fingerprint density at radius 1 is 1.20 bits per heavy atom. The lowest BCUT2D eigenvalue weighted by atomic mass is 9.88. The maximum atomic E-state index is 12.1. The van der Waals surface area contributed by atoms with Crippen molar-refractivity contribution in [3.8, 4) is 0 Å². The number of halogens is 2. The second-order valence-electron chi connectivity index (χ2n) is 5.12. The molecule has 1 heterocycles. The van der Waals surface area contributed by atoms with Gasteiger partial charge in [0.05, 0.1) is 0 Å². The number of nitrogens with two attached hydrogens (primary N) is 1. The number of rotatable bonds is 2. The maximum Gasteiger partial charge on any atom is 0.242 e. The van der Waals surface area contributed by atoms with Crippen LogP contribution in [0.15, 0.2) is 24.3 Å². The Balaban J connectivity index is 0.000001000. The minimum atomic E-state index is -0.571. The average Bonchev–Trinajstić information content (AvgIpc) is 2.80. The van der Waals surface area contributed by atoms with Crippen molar-refractivity contribution in [1.29, 1.82) is 0 Å². The van der Waals surface area contributed by atoms with Gasteiger partial charge in [0.2, 0.25) is 5.91 Å². The molecular weight excluding hydrogens is 297 g/mol. The smallest absolute Gasteiger partial charge is 0.242 e. The molecule has 1 aliphatic carbocycles. The van der Waals surface area contributed by atoms with E-state index >= 15 is 0 Å². The molecule has 1 atom stereocenters. The zero-order valence-electron chi connectivity index (χ0n) is 11.3. The first-order chi connectivity index (χ1) is 8.75. The molecule has 0 aromatic heterocycles. The van der Waals surface area contributed by atoms with Gasteiger partial charge in [0.25, 0.3) is 0 Å². The predicted octanol–water partition coefficient (Wildman–Crippen LogP) is 1.06. The Kier molecular flexibility index (Phi) is 5.83. The van der Waals surface area contributed by atoms with E-state index in [9.17, 15) is 4.79 Å². The van der Waals surface area contributed by atoms with Crippen LogP contribution in [-0.4, -0.2) is 37.0 Å². The monoisotopic (exact) mass is 317 g/mol. The number of nitrogens with one attached hydrogen (secondary N) is 1. The van der Waals surface area contributed by atoms with Gasteiger partial charge in [-0.2, -0.15) is 0 Å². The van der Waals surface area contributed by atoms with Crippen LogP contribution in [0.2, 0.25) is 0 Å². The van der Waals surface area contributed by atoms with E-state index in [1.807, 2.05) is 12.1 Å².